The van der Waals surface area contributed by atoms with Gasteiger partial charge >= 0.3 is 0 Å². The zero-order chi connectivity index (χ0) is 11.0. The molecule has 0 N–H and O–H groups in total. The molecule has 0 aliphatic heterocycles. The normalized spacial score (nSPS) is 12.7. The molecule has 0 amide bonds. The van der Waals surface area contributed by atoms with Crippen molar-refractivity contribution in [3.05, 3.63) is 22.3 Å². The van der Waals surface area contributed by atoms with Gasteiger partial charge in [0.25, 0.3) is 5.09 Å². The summed E-state index contributed by atoms with van der Waals surface area (Å²) in [6.45, 7) is 3.60. The number of carbonyl (C=O) groups is 1. The van der Waals surface area contributed by atoms with Crippen LogP contribution in [0.5, 0.6) is 0 Å². The van der Waals surface area contributed by atoms with E-state index in [0.717, 1.165) is 0 Å². The van der Waals surface area contributed by atoms with Crippen molar-refractivity contribution < 1.29 is 14.7 Å². The minimum atomic E-state index is -0.842. The van der Waals surface area contributed by atoms with Crippen LogP contribution in [-0.4, -0.2) is 17.5 Å². The lowest BCUT2D eigenvalue weighted by Gasteiger charge is -2.04. The fourth-order valence-corrected chi connectivity index (χ4v) is 0.952. The molecule has 1 atom stereocenters. The number of carbonyl (C=O) groups excluding carboxylic acids is 1. The van der Waals surface area contributed by atoms with Gasteiger partial charge in [-0.1, -0.05) is 26.0 Å². The van der Waals surface area contributed by atoms with E-state index in [9.17, 15) is 14.9 Å². The Bertz CT molecular complexity index is 225. The van der Waals surface area contributed by atoms with Crippen molar-refractivity contribution in [3.8, 4) is 0 Å². The molecule has 0 spiro atoms. The molecule has 0 heterocycles. The molecule has 80 valence electrons. The Kier molecular flexibility index (Phi) is 6.36. The highest BCUT2D eigenvalue weighted by molar-refractivity contribution is 5.80. The van der Waals surface area contributed by atoms with E-state index >= 15 is 0 Å². The second kappa shape index (κ2) is 7.06. The Balaban J connectivity index is 3.60. The Morgan fingerprint density at radius 3 is 2.71 bits per heavy atom. The lowest BCUT2D eigenvalue weighted by Crippen LogP contribution is -2.08. The Morgan fingerprint density at radius 2 is 2.21 bits per heavy atom. The zero-order valence-electron chi connectivity index (χ0n) is 8.43. The van der Waals surface area contributed by atoms with Gasteiger partial charge in [-0.2, -0.15) is 0 Å². The van der Waals surface area contributed by atoms with Crippen LogP contribution in [0.4, 0.5) is 0 Å². The monoisotopic (exact) mass is 201 g/mol. The SMILES string of the molecule is CCC(=O)C(C)C/C=C/CO[N+](=O)[O-]. The van der Waals surface area contributed by atoms with Crippen molar-refractivity contribution in [3.63, 3.8) is 0 Å². The van der Waals surface area contributed by atoms with E-state index in [4.69, 9.17) is 0 Å². The molecule has 0 bridgehead atoms. The Hall–Kier alpha value is -1.39. The Morgan fingerprint density at radius 1 is 1.57 bits per heavy atom. The van der Waals surface area contributed by atoms with Crippen molar-refractivity contribution >= 4 is 5.78 Å². The number of hydrogen-bond acceptors (Lipinski definition) is 4. The summed E-state index contributed by atoms with van der Waals surface area (Å²) >= 11 is 0. The number of allylic oxidation sites excluding steroid dienone is 1. The van der Waals surface area contributed by atoms with Gasteiger partial charge in [0.1, 0.15) is 12.4 Å². The zero-order valence-corrected chi connectivity index (χ0v) is 8.43. The lowest BCUT2D eigenvalue weighted by molar-refractivity contribution is -0.755. The first kappa shape index (κ1) is 12.6. The van der Waals surface area contributed by atoms with Gasteiger partial charge in [0, 0.05) is 12.3 Å². The maximum atomic E-state index is 11.1. The van der Waals surface area contributed by atoms with Gasteiger partial charge in [-0.15, -0.1) is 10.1 Å². The number of ketones is 1. The number of hydrogen-bond donors (Lipinski definition) is 0. The van der Waals surface area contributed by atoms with E-state index < -0.39 is 5.09 Å². The van der Waals surface area contributed by atoms with Gasteiger partial charge < -0.3 is 4.84 Å². The second-order valence-corrected chi connectivity index (χ2v) is 2.95. The topological polar surface area (TPSA) is 69.4 Å². The minimum Gasteiger partial charge on any atom is -0.310 e. The average Bonchev–Trinajstić information content (AvgIpc) is 2.15. The maximum absolute atomic E-state index is 11.1. The molecule has 0 saturated carbocycles. The highest BCUT2D eigenvalue weighted by Gasteiger charge is 2.07. The molecule has 0 radical (unpaired) electrons. The molecule has 0 saturated heterocycles. The van der Waals surface area contributed by atoms with E-state index in [-0.39, 0.29) is 18.3 Å². The maximum Gasteiger partial charge on any atom is 0.294 e. The van der Waals surface area contributed by atoms with Crippen LogP contribution >= 0.6 is 0 Å². The highest BCUT2D eigenvalue weighted by atomic mass is 16.9. The smallest absolute Gasteiger partial charge is 0.294 e. The summed E-state index contributed by atoms with van der Waals surface area (Å²) in [7, 11) is 0. The van der Waals surface area contributed by atoms with Crippen LogP contribution in [0.2, 0.25) is 0 Å². The quantitative estimate of drug-likeness (QED) is 0.357. The van der Waals surface area contributed by atoms with E-state index in [1.165, 1.54) is 0 Å². The van der Waals surface area contributed by atoms with Crippen molar-refractivity contribution in [2.45, 2.75) is 26.7 Å². The van der Waals surface area contributed by atoms with Crippen LogP contribution < -0.4 is 0 Å². The van der Waals surface area contributed by atoms with E-state index in [1.54, 1.807) is 12.2 Å². The summed E-state index contributed by atoms with van der Waals surface area (Å²) in [6, 6.07) is 0. The summed E-state index contributed by atoms with van der Waals surface area (Å²) in [6.07, 6.45) is 4.40. The Labute approximate surface area is 82.9 Å². The number of nitrogens with zero attached hydrogens (tertiary/aromatic N) is 1. The summed E-state index contributed by atoms with van der Waals surface area (Å²) in [4.78, 5) is 24.9. The van der Waals surface area contributed by atoms with Crippen LogP contribution in [0.15, 0.2) is 12.2 Å². The van der Waals surface area contributed by atoms with Crippen molar-refractivity contribution in [1.29, 1.82) is 0 Å². The molecule has 14 heavy (non-hydrogen) atoms. The van der Waals surface area contributed by atoms with Crippen LogP contribution in [0.1, 0.15) is 26.7 Å². The molecule has 0 aliphatic rings. The molecule has 0 rings (SSSR count). The summed E-state index contributed by atoms with van der Waals surface area (Å²) < 4.78 is 0. The average molecular weight is 201 g/mol. The molecular formula is C9H15NO4. The van der Waals surface area contributed by atoms with Gasteiger partial charge in [0.2, 0.25) is 0 Å². The first-order valence-corrected chi connectivity index (χ1v) is 4.53. The molecule has 5 nitrogen and oxygen atoms in total. The van der Waals surface area contributed by atoms with Crippen LogP contribution in [0.25, 0.3) is 0 Å². The lowest BCUT2D eigenvalue weighted by atomic mass is 10.0. The van der Waals surface area contributed by atoms with Crippen molar-refractivity contribution in [1.82, 2.24) is 0 Å². The highest BCUT2D eigenvalue weighted by Crippen LogP contribution is 2.06. The molecule has 5 heteroatoms. The van der Waals surface area contributed by atoms with Gasteiger partial charge in [-0.25, -0.2) is 0 Å². The molecule has 0 aromatic heterocycles. The molecule has 0 aromatic carbocycles. The number of rotatable bonds is 7. The van der Waals surface area contributed by atoms with Gasteiger partial charge in [-0.05, 0) is 6.42 Å². The van der Waals surface area contributed by atoms with Crippen molar-refractivity contribution in [2.24, 2.45) is 5.92 Å². The fraction of sp³-hybridized carbons (Fsp3) is 0.667. The predicted molar refractivity (Wildman–Crippen MR) is 51.2 cm³/mol. The third-order valence-electron chi connectivity index (χ3n) is 1.83. The molecular weight excluding hydrogens is 186 g/mol. The van der Waals surface area contributed by atoms with Gasteiger partial charge in [0.15, 0.2) is 0 Å². The standard InChI is InChI=1S/C9H15NO4/c1-3-9(11)8(2)6-4-5-7-14-10(12)13/h4-5,8H,3,6-7H2,1-2H3/b5-4+. The predicted octanol–water partition coefficient (Wildman–Crippen LogP) is 1.76. The first-order chi connectivity index (χ1) is 6.57. The summed E-state index contributed by atoms with van der Waals surface area (Å²) in [5, 5.41) is 8.90. The number of Topliss-reactive ketones (excluding diaryl/α,β-unsaturated/α-hetero) is 1. The van der Waals surface area contributed by atoms with Crippen LogP contribution in [-0.2, 0) is 9.63 Å². The molecule has 0 aromatic rings. The van der Waals surface area contributed by atoms with E-state index in [0.29, 0.717) is 12.8 Å². The molecule has 0 aliphatic carbocycles. The third kappa shape index (κ3) is 6.16. The van der Waals surface area contributed by atoms with E-state index in [2.05, 4.69) is 4.84 Å². The van der Waals surface area contributed by atoms with E-state index in [1.807, 2.05) is 13.8 Å². The second-order valence-electron chi connectivity index (χ2n) is 2.95. The largest absolute Gasteiger partial charge is 0.310 e. The molecule has 0 fully saturated rings. The van der Waals surface area contributed by atoms with Gasteiger partial charge in [-0.3, -0.25) is 4.79 Å². The van der Waals surface area contributed by atoms with Crippen molar-refractivity contribution in [2.75, 3.05) is 6.61 Å². The fourth-order valence-electron chi connectivity index (χ4n) is 0.952. The summed E-state index contributed by atoms with van der Waals surface area (Å²) in [5.74, 6) is 0.178. The molecule has 1 unspecified atom stereocenters. The van der Waals surface area contributed by atoms with Crippen LogP contribution in [0, 0.1) is 16.0 Å². The van der Waals surface area contributed by atoms with Gasteiger partial charge in [0.05, 0.1) is 0 Å². The van der Waals surface area contributed by atoms with Crippen LogP contribution in [0.3, 0.4) is 0 Å². The minimum absolute atomic E-state index is 0.0214. The third-order valence-corrected chi connectivity index (χ3v) is 1.83. The first-order valence-electron chi connectivity index (χ1n) is 4.53. The summed E-state index contributed by atoms with van der Waals surface area (Å²) in [5.41, 5.74) is 0.